The molecule has 2 rings (SSSR count). The molecular weight excluding hydrogens is 214 g/mol. The zero-order chi connectivity index (χ0) is 12.3. The number of carbonyl (C=O) groups is 1. The quantitative estimate of drug-likeness (QED) is 0.811. The molecule has 0 aromatic heterocycles. The highest BCUT2D eigenvalue weighted by Crippen LogP contribution is 2.39. The molecular formula is C14H19NO2. The van der Waals surface area contributed by atoms with E-state index in [1.807, 2.05) is 12.1 Å². The lowest BCUT2D eigenvalue weighted by atomic mass is 9.99. The fourth-order valence-corrected chi connectivity index (χ4v) is 2.13. The highest BCUT2D eigenvalue weighted by atomic mass is 16.3. The molecule has 1 fully saturated rings. The molecule has 2 N–H and O–H groups in total. The molecule has 1 aliphatic rings. The molecule has 1 amide bonds. The van der Waals surface area contributed by atoms with Crippen LogP contribution in [0.5, 0.6) is 0 Å². The first-order valence-corrected chi connectivity index (χ1v) is 6.12. The Hall–Kier alpha value is -1.35. The number of aryl methyl sites for hydroxylation is 1. The highest BCUT2D eigenvalue weighted by Gasteiger charge is 2.43. The average molecular weight is 233 g/mol. The van der Waals surface area contributed by atoms with Crippen molar-refractivity contribution >= 4 is 5.91 Å². The Labute approximate surface area is 102 Å². The Bertz CT molecular complexity index is 410. The van der Waals surface area contributed by atoms with E-state index in [2.05, 4.69) is 24.4 Å². The van der Waals surface area contributed by atoms with Crippen LogP contribution < -0.4 is 5.32 Å². The van der Waals surface area contributed by atoms with Gasteiger partial charge in [0.2, 0.25) is 5.91 Å². The molecule has 0 unspecified atom stereocenters. The summed E-state index contributed by atoms with van der Waals surface area (Å²) in [5, 5.41) is 11.8. The molecule has 0 bridgehead atoms. The van der Waals surface area contributed by atoms with Gasteiger partial charge < -0.3 is 10.4 Å². The summed E-state index contributed by atoms with van der Waals surface area (Å²) in [6.07, 6.45) is 3.18. The molecule has 0 saturated heterocycles. The van der Waals surface area contributed by atoms with Gasteiger partial charge >= 0.3 is 0 Å². The van der Waals surface area contributed by atoms with Crippen molar-refractivity contribution in [1.82, 2.24) is 5.32 Å². The van der Waals surface area contributed by atoms with Crippen LogP contribution in [0.15, 0.2) is 24.3 Å². The minimum absolute atomic E-state index is 0.0430. The van der Waals surface area contributed by atoms with Gasteiger partial charge in [-0.15, -0.1) is 0 Å². The number of carbonyl (C=O) groups excluding carboxylic acids is 1. The summed E-state index contributed by atoms with van der Waals surface area (Å²) >= 11 is 0. The van der Waals surface area contributed by atoms with Crippen LogP contribution in [-0.4, -0.2) is 23.2 Å². The first-order valence-electron chi connectivity index (χ1n) is 6.12. The number of amides is 1. The second kappa shape index (κ2) is 4.88. The van der Waals surface area contributed by atoms with E-state index in [1.165, 1.54) is 11.1 Å². The second-order valence-corrected chi connectivity index (χ2v) is 4.91. The fourth-order valence-electron chi connectivity index (χ4n) is 2.13. The summed E-state index contributed by atoms with van der Waals surface area (Å²) in [6.45, 7) is 2.02. The monoisotopic (exact) mass is 233 g/mol. The van der Waals surface area contributed by atoms with Gasteiger partial charge in [0.15, 0.2) is 0 Å². The standard InChI is InChI=1S/C14H19NO2/c1-11-4-2-3-5-12(11)10-14(7-8-14)15-13(17)6-9-16/h2-5,16H,6-10H2,1H3,(H,15,17). The lowest BCUT2D eigenvalue weighted by Crippen LogP contribution is -2.38. The van der Waals surface area contributed by atoms with Crippen molar-refractivity contribution < 1.29 is 9.90 Å². The van der Waals surface area contributed by atoms with E-state index >= 15 is 0 Å². The second-order valence-electron chi connectivity index (χ2n) is 4.91. The van der Waals surface area contributed by atoms with Crippen LogP contribution in [0, 0.1) is 6.92 Å². The molecule has 0 heterocycles. The summed E-state index contributed by atoms with van der Waals surface area (Å²) in [5.41, 5.74) is 2.53. The molecule has 3 nitrogen and oxygen atoms in total. The first kappa shape index (κ1) is 12.1. The molecule has 1 aromatic rings. The third-order valence-corrected chi connectivity index (χ3v) is 3.39. The molecule has 92 valence electrons. The SMILES string of the molecule is Cc1ccccc1CC1(NC(=O)CCO)CC1. The predicted octanol–water partition coefficient (Wildman–Crippen LogP) is 1.57. The number of rotatable bonds is 5. The largest absolute Gasteiger partial charge is 0.396 e. The van der Waals surface area contributed by atoms with Crippen LogP contribution in [-0.2, 0) is 11.2 Å². The van der Waals surface area contributed by atoms with E-state index < -0.39 is 0 Å². The number of nitrogens with one attached hydrogen (secondary N) is 1. The summed E-state index contributed by atoms with van der Waals surface area (Å²) in [7, 11) is 0. The van der Waals surface area contributed by atoms with E-state index in [0.29, 0.717) is 0 Å². The van der Waals surface area contributed by atoms with Gasteiger partial charge in [0.25, 0.3) is 0 Å². The Morgan fingerprint density at radius 2 is 2.12 bits per heavy atom. The van der Waals surface area contributed by atoms with Gasteiger partial charge in [-0.1, -0.05) is 24.3 Å². The van der Waals surface area contributed by atoms with E-state index in [1.54, 1.807) is 0 Å². The molecule has 1 aromatic carbocycles. The number of benzene rings is 1. The number of hydrogen-bond donors (Lipinski definition) is 2. The van der Waals surface area contributed by atoms with Crippen LogP contribution in [0.1, 0.15) is 30.4 Å². The molecule has 0 aliphatic heterocycles. The van der Waals surface area contributed by atoms with Gasteiger partial charge in [-0.25, -0.2) is 0 Å². The van der Waals surface area contributed by atoms with Gasteiger partial charge in [0, 0.05) is 12.0 Å². The number of hydrogen-bond acceptors (Lipinski definition) is 2. The zero-order valence-electron chi connectivity index (χ0n) is 10.2. The molecule has 17 heavy (non-hydrogen) atoms. The van der Waals surface area contributed by atoms with Gasteiger partial charge in [-0.2, -0.15) is 0 Å². The van der Waals surface area contributed by atoms with Crippen LogP contribution in [0.25, 0.3) is 0 Å². The van der Waals surface area contributed by atoms with E-state index in [-0.39, 0.29) is 24.5 Å². The lowest BCUT2D eigenvalue weighted by Gasteiger charge is -2.18. The Balaban J connectivity index is 1.99. The van der Waals surface area contributed by atoms with Crippen LogP contribution in [0.4, 0.5) is 0 Å². The number of aliphatic hydroxyl groups excluding tert-OH is 1. The molecule has 0 radical (unpaired) electrons. The molecule has 1 aliphatic carbocycles. The van der Waals surface area contributed by atoms with Crippen molar-refractivity contribution in [3.8, 4) is 0 Å². The van der Waals surface area contributed by atoms with Gasteiger partial charge in [-0.3, -0.25) is 4.79 Å². The minimum Gasteiger partial charge on any atom is -0.396 e. The minimum atomic E-state index is -0.0771. The smallest absolute Gasteiger partial charge is 0.222 e. The molecule has 0 atom stereocenters. The van der Waals surface area contributed by atoms with Gasteiger partial charge in [0.05, 0.1) is 6.61 Å². The Morgan fingerprint density at radius 3 is 2.71 bits per heavy atom. The van der Waals surface area contributed by atoms with Crippen molar-refractivity contribution in [1.29, 1.82) is 0 Å². The van der Waals surface area contributed by atoms with Crippen LogP contribution in [0.3, 0.4) is 0 Å². The third-order valence-electron chi connectivity index (χ3n) is 3.39. The predicted molar refractivity (Wildman–Crippen MR) is 66.7 cm³/mol. The van der Waals surface area contributed by atoms with E-state index in [4.69, 9.17) is 5.11 Å². The van der Waals surface area contributed by atoms with Crippen molar-refractivity contribution in [2.45, 2.75) is 38.1 Å². The molecule has 1 saturated carbocycles. The Morgan fingerprint density at radius 1 is 1.41 bits per heavy atom. The maximum Gasteiger partial charge on any atom is 0.222 e. The highest BCUT2D eigenvalue weighted by molar-refractivity contribution is 5.77. The summed E-state index contributed by atoms with van der Waals surface area (Å²) in [5.74, 6) is -0.0430. The van der Waals surface area contributed by atoms with Crippen LogP contribution in [0.2, 0.25) is 0 Å². The van der Waals surface area contributed by atoms with Gasteiger partial charge in [0.1, 0.15) is 0 Å². The molecule has 0 spiro atoms. The fraction of sp³-hybridized carbons (Fsp3) is 0.500. The van der Waals surface area contributed by atoms with E-state index in [0.717, 1.165) is 19.3 Å². The summed E-state index contributed by atoms with van der Waals surface area (Å²) in [4.78, 5) is 11.5. The molecule has 3 heteroatoms. The Kier molecular flexibility index (Phi) is 3.48. The van der Waals surface area contributed by atoms with E-state index in [9.17, 15) is 4.79 Å². The first-order chi connectivity index (χ1) is 8.15. The lowest BCUT2D eigenvalue weighted by molar-refractivity contribution is -0.122. The van der Waals surface area contributed by atoms with Crippen molar-refractivity contribution in [3.05, 3.63) is 35.4 Å². The van der Waals surface area contributed by atoms with Crippen molar-refractivity contribution in [3.63, 3.8) is 0 Å². The number of aliphatic hydroxyl groups is 1. The maximum absolute atomic E-state index is 11.5. The topological polar surface area (TPSA) is 49.3 Å². The van der Waals surface area contributed by atoms with Gasteiger partial charge in [-0.05, 0) is 37.3 Å². The summed E-state index contributed by atoms with van der Waals surface area (Å²) in [6, 6.07) is 8.28. The van der Waals surface area contributed by atoms with Crippen LogP contribution >= 0.6 is 0 Å². The normalized spacial score (nSPS) is 16.6. The van der Waals surface area contributed by atoms with Crippen molar-refractivity contribution in [2.75, 3.05) is 6.61 Å². The third kappa shape index (κ3) is 3.07. The zero-order valence-corrected chi connectivity index (χ0v) is 10.2. The average Bonchev–Trinajstić information content (AvgIpc) is 3.02. The maximum atomic E-state index is 11.5. The summed E-state index contributed by atoms with van der Waals surface area (Å²) < 4.78 is 0. The van der Waals surface area contributed by atoms with Crippen molar-refractivity contribution in [2.24, 2.45) is 0 Å².